The van der Waals surface area contributed by atoms with Crippen LogP contribution in [0.4, 0.5) is 0 Å². The number of halogens is 1. The Bertz CT molecular complexity index is 748. The molecule has 0 aliphatic rings. The number of amides is 2. The Hall–Kier alpha value is -1.86. The SMILES string of the molecule is CCCCOc1cccc(CNC(=O)C(C)NC(=O)c2ccc(Br)s2)c1. The fourth-order valence-corrected chi connectivity index (χ4v) is 3.48. The summed E-state index contributed by atoms with van der Waals surface area (Å²) < 4.78 is 6.55. The fraction of sp³-hybridized carbons (Fsp3) is 0.368. The predicted molar refractivity (Wildman–Crippen MR) is 108 cm³/mol. The largest absolute Gasteiger partial charge is 0.494 e. The highest BCUT2D eigenvalue weighted by molar-refractivity contribution is 9.11. The molecule has 1 heterocycles. The molecule has 140 valence electrons. The van der Waals surface area contributed by atoms with Gasteiger partial charge in [-0.15, -0.1) is 11.3 Å². The quantitative estimate of drug-likeness (QED) is 0.578. The third-order valence-corrected chi connectivity index (χ3v) is 5.29. The van der Waals surface area contributed by atoms with E-state index in [-0.39, 0.29) is 11.8 Å². The number of carbonyl (C=O) groups is 2. The minimum Gasteiger partial charge on any atom is -0.494 e. The molecular formula is C19H23BrN2O3S. The molecule has 2 N–H and O–H groups in total. The Labute approximate surface area is 166 Å². The molecule has 0 saturated heterocycles. The first-order chi connectivity index (χ1) is 12.5. The molecule has 2 amide bonds. The highest BCUT2D eigenvalue weighted by atomic mass is 79.9. The number of nitrogens with one attached hydrogen (secondary N) is 2. The average molecular weight is 439 g/mol. The van der Waals surface area contributed by atoms with Crippen LogP contribution in [0.1, 0.15) is 41.9 Å². The number of rotatable bonds is 9. The van der Waals surface area contributed by atoms with Crippen molar-refractivity contribution >= 4 is 39.1 Å². The summed E-state index contributed by atoms with van der Waals surface area (Å²) in [6.07, 6.45) is 2.10. The van der Waals surface area contributed by atoms with Crippen molar-refractivity contribution < 1.29 is 14.3 Å². The first-order valence-electron chi connectivity index (χ1n) is 8.55. The lowest BCUT2D eigenvalue weighted by Crippen LogP contribution is -2.44. The van der Waals surface area contributed by atoms with E-state index >= 15 is 0 Å². The van der Waals surface area contributed by atoms with Gasteiger partial charge in [0.15, 0.2) is 0 Å². The lowest BCUT2D eigenvalue weighted by molar-refractivity contribution is -0.122. The van der Waals surface area contributed by atoms with Gasteiger partial charge in [0, 0.05) is 6.54 Å². The third-order valence-electron chi connectivity index (χ3n) is 3.67. The molecule has 2 aromatic rings. The van der Waals surface area contributed by atoms with Gasteiger partial charge in [0.1, 0.15) is 11.8 Å². The van der Waals surface area contributed by atoms with Crippen LogP contribution in [-0.2, 0) is 11.3 Å². The number of carbonyl (C=O) groups excluding carboxylic acids is 2. The Morgan fingerprint density at radius 3 is 2.77 bits per heavy atom. The Morgan fingerprint density at radius 1 is 1.27 bits per heavy atom. The van der Waals surface area contributed by atoms with Gasteiger partial charge in [0.25, 0.3) is 5.91 Å². The lowest BCUT2D eigenvalue weighted by atomic mass is 10.2. The minimum atomic E-state index is -0.618. The standard InChI is InChI=1S/C19H23BrN2O3S/c1-3-4-10-25-15-7-5-6-14(11-15)12-21-18(23)13(2)22-19(24)16-8-9-17(20)26-16/h5-9,11,13H,3-4,10,12H2,1-2H3,(H,21,23)(H,22,24). The van der Waals surface area contributed by atoms with Crippen LogP contribution >= 0.6 is 27.3 Å². The molecule has 0 bridgehead atoms. The van der Waals surface area contributed by atoms with Crippen LogP contribution in [0, 0.1) is 0 Å². The summed E-state index contributed by atoms with van der Waals surface area (Å²) in [5.74, 6) is 0.316. The van der Waals surface area contributed by atoms with E-state index in [4.69, 9.17) is 4.74 Å². The molecule has 0 saturated carbocycles. The topological polar surface area (TPSA) is 67.4 Å². The first-order valence-corrected chi connectivity index (χ1v) is 10.2. The summed E-state index contributed by atoms with van der Waals surface area (Å²) in [5.41, 5.74) is 0.952. The van der Waals surface area contributed by atoms with Crippen molar-refractivity contribution in [1.29, 1.82) is 0 Å². The van der Waals surface area contributed by atoms with Gasteiger partial charge in [-0.3, -0.25) is 9.59 Å². The van der Waals surface area contributed by atoms with E-state index in [9.17, 15) is 9.59 Å². The van der Waals surface area contributed by atoms with E-state index in [0.717, 1.165) is 27.9 Å². The third kappa shape index (κ3) is 6.46. The van der Waals surface area contributed by atoms with Crippen LogP contribution in [0.25, 0.3) is 0 Å². The lowest BCUT2D eigenvalue weighted by Gasteiger charge is -2.14. The maximum atomic E-state index is 12.2. The first kappa shape index (κ1) is 20.5. The second-order valence-electron chi connectivity index (χ2n) is 5.87. The van der Waals surface area contributed by atoms with Gasteiger partial charge < -0.3 is 15.4 Å². The Balaban J connectivity index is 1.82. The number of ether oxygens (including phenoxy) is 1. The maximum absolute atomic E-state index is 12.2. The number of hydrogen-bond acceptors (Lipinski definition) is 4. The minimum absolute atomic E-state index is 0.230. The van der Waals surface area contributed by atoms with Crippen molar-refractivity contribution in [3.8, 4) is 5.75 Å². The van der Waals surface area contributed by atoms with Gasteiger partial charge in [0.2, 0.25) is 5.91 Å². The van der Waals surface area contributed by atoms with Crippen molar-refractivity contribution in [1.82, 2.24) is 10.6 Å². The maximum Gasteiger partial charge on any atom is 0.262 e. The van der Waals surface area contributed by atoms with Crippen molar-refractivity contribution in [3.05, 3.63) is 50.6 Å². The van der Waals surface area contributed by atoms with Crippen LogP contribution < -0.4 is 15.4 Å². The molecule has 5 nitrogen and oxygen atoms in total. The summed E-state index contributed by atoms with van der Waals surface area (Å²) >= 11 is 4.65. The number of thiophene rings is 1. The molecule has 0 spiro atoms. The van der Waals surface area contributed by atoms with Gasteiger partial charge in [-0.2, -0.15) is 0 Å². The Kier molecular flexibility index (Phi) is 8.12. The normalized spacial score (nSPS) is 11.7. The highest BCUT2D eigenvalue weighted by Crippen LogP contribution is 2.21. The van der Waals surface area contributed by atoms with Gasteiger partial charge in [-0.05, 0) is 59.1 Å². The summed E-state index contributed by atoms with van der Waals surface area (Å²) in [7, 11) is 0. The van der Waals surface area contributed by atoms with Crippen LogP contribution in [0.3, 0.4) is 0 Å². The van der Waals surface area contributed by atoms with Crippen molar-refractivity contribution in [2.45, 2.75) is 39.3 Å². The second kappa shape index (κ2) is 10.3. The zero-order valence-corrected chi connectivity index (χ0v) is 17.3. The summed E-state index contributed by atoms with van der Waals surface area (Å²) in [6, 6.07) is 10.6. The molecule has 1 aromatic carbocycles. The van der Waals surface area contributed by atoms with E-state index in [1.165, 1.54) is 11.3 Å². The van der Waals surface area contributed by atoms with Crippen LogP contribution in [0.2, 0.25) is 0 Å². The molecule has 0 radical (unpaired) electrons. The molecule has 7 heteroatoms. The monoisotopic (exact) mass is 438 g/mol. The number of hydrogen-bond donors (Lipinski definition) is 2. The van der Waals surface area contributed by atoms with Crippen molar-refractivity contribution in [3.63, 3.8) is 0 Å². The summed E-state index contributed by atoms with van der Waals surface area (Å²) in [6.45, 7) is 4.86. The van der Waals surface area contributed by atoms with Crippen LogP contribution in [0.5, 0.6) is 5.75 Å². The zero-order chi connectivity index (χ0) is 18.9. The smallest absolute Gasteiger partial charge is 0.262 e. The van der Waals surface area contributed by atoms with E-state index in [1.54, 1.807) is 19.1 Å². The summed E-state index contributed by atoms with van der Waals surface area (Å²) in [4.78, 5) is 24.9. The number of unbranched alkanes of at least 4 members (excludes halogenated alkanes) is 1. The molecule has 1 atom stereocenters. The zero-order valence-electron chi connectivity index (χ0n) is 14.9. The number of benzene rings is 1. The molecule has 26 heavy (non-hydrogen) atoms. The molecular weight excluding hydrogens is 416 g/mol. The van der Waals surface area contributed by atoms with Gasteiger partial charge in [-0.1, -0.05) is 25.5 Å². The van der Waals surface area contributed by atoms with Gasteiger partial charge in [0.05, 0.1) is 15.3 Å². The average Bonchev–Trinajstić information content (AvgIpc) is 3.07. The van der Waals surface area contributed by atoms with Crippen LogP contribution in [-0.4, -0.2) is 24.5 Å². The van der Waals surface area contributed by atoms with Crippen molar-refractivity contribution in [2.24, 2.45) is 0 Å². The van der Waals surface area contributed by atoms with Gasteiger partial charge >= 0.3 is 0 Å². The highest BCUT2D eigenvalue weighted by Gasteiger charge is 2.17. The van der Waals surface area contributed by atoms with Crippen molar-refractivity contribution in [2.75, 3.05) is 6.61 Å². The Morgan fingerprint density at radius 2 is 2.08 bits per heavy atom. The molecule has 0 fully saturated rings. The predicted octanol–water partition coefficient (Wildman–Crippen LogP) is 4.12. The molecule has 1 aromatic heterocycles. The van der Waals surface area contributed by atoms with Gasteiger partial charge in [-0.25, -0.2) is 0 Å². The second-order valence-corrected chi connectivity index (χ2v) is 8.33. The van der Waals surface area contributed by atoms with E-state index in [1.807, 2.05) is 24.3 Å². The van der Waals surface area contributed by atoms with E-state index in [0.29, 0.717) is 18.0 Å². The molecule has 2 rings (SSSR count). The molecule has 0 aliphatic carbocycles. The molecule has 0 aliphatic heterocycles. The fourth-order valence-electron chi connectivity index (χ4n) is 2.19. The molecule has 1 unspecified atom stereocenters. The van der Waals surface area contributed by atoms with E-state index in [2.05, 4.69) is 33.5 Å². The van der Waals surface area contributed by atoms with Crippen LogP contribution in [0.15, 0.2) is 40.2 Å². The van der Waals surface area contributed by atoms with E-state index < -0.39 is 6.04 Å². The summed E-state index contributed by atoms with van der Waals surface area (Å²) in [5, 5.41) is 5.55.